The number of hydrogen-bond donors (Lipinski definition) is 0. The third kappa shape index (κ3) is 5.27. The molecular weight excluding hydrogens is 769 g/mol. The molecule has 63 heavy (non-hydrogen) atoms. The largest absolute Gasteiger partial charge is 0.455 e. The van der Waals surface area contributed by atoms with Crippen molar-refractivity contribution in [1.29, 1.82) is 0 Å². The molecule has 294 valence electrons. The van der Waals surface area contributed by atoms with Gasteiger partial charge in [-0.1, -0.05) is 182 Å². The average molecular weight is 805 g/mol. The Balaban J connectivity index is 0.968. The van der Waals surface area contributed by atoms with Crippen molar-refractivity contribution in [2.24, 2.45) is 0 Å². The lowest BCUT2D eigenvalue weighted by molar-refractivity contribution is 0.670. The van der Waals surface area contributed by atoms with E-state index in [-0.39, 0.29) is 0 Å². The number of benzene rings is 9. The van der Waals surface area contributed by atoms with Gasteiger partial charge in [-0.15, -0.1) is 0 Å². The summed E-state index contributed by atoms with van der Waals surface area (Å²) >= 11 is 0. The maximum Gasteiger partial charge on any atom is 0.164 e. The fourth-order valence-electron chi connectivity index (χ4n) is 10.2. The van der Waals surface area contributed by atoms with Crippen LogP contribution in [0.5, 0.6) is 0 Å². The third-order valence-electron chi connectivity index (χ3n) is 12.9. The number of furan rings is 1. The van der Waals surface area contributed by atoms with Gasteiger partial charge in [0.25, 0.3) is 0 Å². The highest BCUT2D eigenvalue weighted by atomic mass is 16.3. The Kier molecular flexibility index (Phi) is 7.75. The van der Waals surface area contributed by atoms with Crippen LogP contribution in [-0.4, -0.2) is 15.0 Å². The standard InChI is InChI=1S/C58H36N4O/c1-3-16-38(17-4-1)55-59-56(39-32-30-37(31-33-39)42-22-15-23-45-44-21-8-14-29-53(44)63-54(42)45)61-57(60-55)40-34-35-48-46(36-40)43-20-7-9-24-47(43)58(48)49-25-10-12-27-51(49)62(41-18-5-2-6-19-41)52-28-13-11-26-50(52)58/h1-36H. The normalized spacial score (nSPS) is 13.2. The second-order valence-corrected chi connectivity index (χ2v) is 16.3. The van der Waals surface area contributed by atoms with Gasteiger partial charge in [0, 0.05) is 38.7 Å². The van der Waals surface area contributed by atoms with Crippen molar-refractivity contribution < 1.29 is 4.42 Å². The number of para-hydroxylation sites is 5. The van der Waals surface area contributed by atoms with E-state index in [9.17, 15) is 0 Å². The van der Waals surface area contributed by atoms with Crippen LogP contribution in [0.2, 0.25) is 0 Å². The first-order chi connectivity index (χ1) is 31.2. The van der Waals surface area contributed by atoms with E-state index in [2.05, 4.69) is 193 Å². The minimum atomic E-state index is -0.545. The molecular formula is C58H36N4O. The van der Waals surface area contributed by atoms with E-state index in [1.807, 2.05) is 30.3 Å². The van der Waals surface area contributed by atoms with Crippen molar-refractivity contribution in [1.82, 2.24) is 15.0 Å². The zero-order valence-electron chi connectivity index (χ0n) is 34.0. The van der Waals surface area contributed by atoms with E-state index in [0.717, 1.165) is 55.4 Å². The second kappa shape index (κ2) is 13.8. The van der Waals surface area contributed by atoms with Crippen LogP contribution >= 0.6 is 0 Å². The Morgan fingerprint density at radius 2 is 0.857 bits per heavy atom. The van der Waals surface area contributed by atoms with Gasteiger partial charge >= 0.3 is 0 Å². The Hall–Kier alpha value is -8.41. The number of hydrogen-bond acceptors (Lipinski definition) is 5. The topological polar surface area (TPSA) is 55.1 Å². The minimum Gasteiger partial charge on any atom is -0.455 e. The summed E-state index contributed by atoms with van der Waals surface area (Å²) in [6, 6.07) is 77.4. The molecule has 0 bridgehead atoms. The lowest BCUT2D eigenvalue weighted by atomic mass is 9.64. The Morgan fingerprint density at radius 1 is 0.349 bits per heavy atom. The minimum absolute atomic E-state index is 0.545. The fraction of sp³-hybridized carbons (Fsp3) is 0.0172. The molecule has 13 rings (SSSR count). The van der Waals surface area contributed by atoms with Gasteiger partial charge in [0.1, 0.15) is 11.2 Å². The monoisotopic (exact) mass is 804 g/mol. The average Bonchev–Trinajstić information content (AvgIpc) is 3.89. The first kappa shape index (κ1) is 35.4. The van der Waals surface area contributed by atoms with Crippen molar-refractivity contribution in [3.63, 3.8) is 0 Å². The molecule has 1 aliphatic heterocycles. The van der Waals surface area contributed by atoms with Crippen LogP contribution in [0.25, 0.3) is 78.4 Å². The lowest BCUT2D eigenvalue weighted by Crippen LogP contribution is -2.36. The number of anilines is 3. The van der Waals surface area contributed by atoms with Gasteiger partial charge in [-0.05, 0) is 75.3 Å². The molecule has 11 aromatic rings. The van der Waals surface area contributed by atoms with Gasteiger partial charge in [0.2, 0.25) is 0 Å². The first-order valence-corrected chi connectivity index (χ1v) is 21.4. The highest BCUT2D eigenvalue weighted by molar-refractivity contribution is 6.09. The van der Waals surface area contributed by atoms with Gasteiger partial charge in [0.15, 0.2) is 17.5 Å². The molecule has 9 aromatic carbocycles. The van der Waals surface area contributed by atoms with Gasteiger partial charge in [0.05, 0.1) is 16.8 Å². The summed E-state index contributed by atoms with van der Waals surface area (Å²) in [4.78, 5) is 17.9. The SMILES string of the molecule is c1ccc(-c2nc(-c3ccc(-c4cccc5c4oc4ccccc45)cc3)nc(-c3ccc4c(c3)-c3ccccc3C43c4ccccc4N(c4ccccc4)c4ccccc43)n2)cc1. The van der Waals surface area contributed by atoms with Gasteiger partial charge in [-0.2, -0.15) is 0 Å². The molecule has 0 fully saturated rings. The predicted octanol–water partition coefficient (Wildman–Crippen LogP) is 14.6. The fourth-order valence-corrected chi connectivity index (χ4v) is 10.2. The Bertz CT molecular complexity index is 3530. The summed E-state index contributed by atoms with van der Waals surface area (Å²) in [6.07, 6.45) is 0. The summed E-state index contributed by atoms with van der Waals surface area (Å²) in [6.45, 7) is 0. The second-order valence-electron chi connectivity index (χ2n) is 16.3. The molecule has 2 aliphatic rings. The third-order valence-corrected chi connectivity index (χ3v) is 12.9. The molecule has 0 unspecified atom stereocenters. The van der Waals surface area contributed by atoms with Crippen molar-refractivity contribution >= 4 is 39.0 Å². The van der Waals surface area contributed by atoms with Crippen LogP contribution in [0.1, 0.15) is 22.3 Å². The Labute approximate surface area is 364 Å². The van der Waals surface area contributed by atoms with E-state index in [1.165, 1.54) is 44.8 Å². The molecule has 3 heterocycles. The van der Waals surface area contributed by atoms with Crippen LogP contribution in [0.15, 0.2) is 223 Å². The van der Waals surface area contributed by atoms with Crippen LogP contribution in [0, 0.1) is 0 Å². The van der Waals surface area contributed by atoms with E-state index < -0.39 is 5.41 Å². The lowest BCUT2D eigenvalue weighted by Gasteiger charge is -2.45. The van der Waals surface area contributed by atoms with Crippen molar-refractivity contribution in [2.75, 3.05) is 4.90 Å². The number of aromatic nitrogens is 3. The molecule has 0 radical (unpaired) electrons. The molecule has 0 atom stereocenters. The number of rotatable bonds is 5. The quantitative estimate of drug-likeness (QED) is 0.173. The number of nitrogens with zero attached hydrogens (tertiary/aromatic N) is 4. The molecule has 5 heteroatoms. The zero-order valence-corrected chi connectivity index (χ0v) is 34.0. The molecule has 0 N–H and O–H groups in total. The maximum absolute atomic E-state index is 6.40. The molecule has 2 aromatic heterocycles. The smallest absolute Gasteiger partial charge is 0.164 e. The summed E-state index contributed by atoms with van der Waals surface area (Å²) in [5.74, 6) is 1.86. The van der Waals surface area contributed by atoms with Crippen molar-refractivity contribution in [3.05, 3.63) is 241 Å². The van der Waals surface area contributed by atoms with Crippen LogP contribution in [0.4, 0.5) is 17.1 Å². The summed E-state index contributed by atoms with van der Waals surface area (Å²) in [7, 11) is 0. The highest BCUT2D eigenvalue weighted by Crippen LogP contribution is 2.63. The maximum atomic E-state index is 6.40. The van der Waals surface area contributed by atoms with E-state index in [4.69, 9.17) is 19.4 Å². The van der Waals surface area contributed by atoms with Crippen molar-refractivity contribution in [2.45, 2.75) is 5.41 Å². The Morgan fingerprint density at radius 3 is 1.59 bits per heavy atom. The van der Waals surface area contributed by atoms with Crippen LogP contribution < -0.4 is 4.90 Å². The van der Waals surface area contributed by atoms with Crippen molar-refractivity contribution in [3.8, 4) is 56.4 Å². The number of fused-ring (bicyclic) bond motifs is 12. The van der Waals surface area contributed by atoms with Gasteiger partial charge < -0.3 is 9.32 Å². The highest BCUT2D eigenvalue weighted by Gasteiger charge is 2.51. The summed E-state index contributed by atoms with van der Waals surface area (Å²) in [5.41, 5.74) is 17.0. The van der Waals surface area contributed by atoms with Gasteiger partial charge in [-0.3, -0.25) is 0 Å². The first-order valence-electron chi connectivity index (χ1n) is 21.4. The van der Waals surface area contributed by atoms with E-state index >= 15 is 0 Å². The van der Waals surface area contributed by atoms with Crippen LogP contribution in [-0.2, 0) is 5.41 Å². The molecule has 5 nitrogen and oxygen atoms in total. The van der Waals surface area contributed by atoms with Gasteiger partial charge in [-0.25, -0.2) is 15.0 Å². The predicted molar refractivity (Wildman–Crippen MR) is 254 cm³/mol. The van der Waals surface area contributed by atoms with E-state index in [0.29, 0.717) is 17.5 Å². The molecule has 1 spiro atoms. The van der Waals surface area contributed by atoms with Crippen LogP contribution in [0.3, 0.4) is 0 Å². The van der Waals surface area contributed by atoms with E-state index in [1.54, 1.807) is 0 Å². The zero-order chi connectivity index (χ0) is 41.5. The summed E-state index contributed by atoms with van der Waals surface area (Å²) < 4.78 is 6.40. The molecule has 0 amide bonds. The summed E-state index contributed by atoms with van der Waals surface area (Å²) in [5, 5.41) is 2.22. The molecule has 0 saturated carbocycles. The molecule has 0 saturated heterocycles. The molecule has 1 aliphatic carbocycles.